The Labute approximate surface area is 134 Å². The molecule has 0 saturated heterocycles. The standard InChI is InChI=1S/C19H19BrO/c20-17-10-8-14(9-11-17)12-18(21)13-16-6-3-5-15-4-1-2-7-19(15)16/h1-2,4,7-11,16H,3,5-6,12-13H2. The monoisotopic (exact) mass is 342 g/mol. The molecule has 0 N–H and O–H groups in total. The lowest BCUT2D eigenvalue weighted by atomic mass is 9.80. The van der Waals surface area contributed by atoms with E-state index in [1.54, 1.807) is 0 Å². The summed E-state index contributed by atoms with van der Waals surface area (Å²) in [6, 6.07) is 16.7. The number of carbonyl (C=O) groups is 1. The van der Waals surface area contributed by atoms with Gasteiger partial charge < -0.3 is 0 Å². The molecule has 0 heterocycles. The number of Topliss-reactive ketones (excluding diaryl/α,β-unsaturated/α-hetero) is 1. The molecular formula is C19H19BrO. The highest BCUT2D eigenvalue weighted by Crippen LogP contribution is 2.34. The predicted molar refractivity (Wildman–Crippen MR) is 89.6 cm³/mol. The molecule has 1 nitrogen and oxygen atoms in total. The average Bonchev–Trinajstić information content (AvgIpc) is 2.50. The molecule has 2 aromatic carbocycles. The lowest BCUT2D eigenvalue weighted by molar-refractivity contribution is -0.118. The maximum Gasteiger partial charge on any atom is 0.137 e. The Bertz CT molecular complexity index is 630. The van der Waals surface area contributed by atoms with Gasteiger partial charge in [0.2, 0.25) is 0 Å². The summed E-state index contributed by atoms with van der Waals surface area (Å²) in [6.45, 7) is 0. The molecule has 3 rings (SSSR count). The number of ketones is 1. The summed E-state index contributed by atoms with van der Waals surface area (Å²) in [5, 5.41) is 0. The largest absolute Gasteiger partial charge is 0.299 e. The summed E-state index contributed by atoms with van der Waals surface area (Å²) < 4.78 is 1.06. The Morgan fingerprint density at radius 1 is 1.10 bits per heavy atom. The zero-order chi connectivity index (χ0) is 14.7. The van der Waals surface area contributed by atoms with E-state index in [2.05, 4.69) is 40.2 Å². The molecule has 108 valence electrons. The normalized spacial score (nSPS) is 17.3. The highest BCUT2D eigenvalue weighted by atomic mass is 79.9. The molecular weight excluding hydrogens is 324 g/mol. The third-order valence-electron chi connectivity index (χ3n) is 4.28. The van der Waals surface area contributed by atoms with Gasteiger partial charge in [-0.3, -0.25) is 4.79 Å². The number of aryl methyl sites for hydroxylation is 1. The predicted octanol–water partition coefficient (Wildman–Crippen LogP) is 5.07. The van der Waals surface area contributed by atoms with E-state index in [1.807, 2.05) is 24.3 Å². The van der Waals surface area contributed by atoms with Crippen LogP contribution in [0.3, 0.4) is 0 Å². The van der Waals surface area contributed by atoms with Gasteiger partial charge in [0.1, 0.15) is 5.78 Å². The minimum Gasteiger partial charge on any atom is -0.299 e. The number of rotatable bonds is 4. The Morgan fingerprint density at radius 2 is 1.86 bits per heavy atom. The fourth-order valence-corrected chi connectivity index (χ4v) is 3.51. The zero-order valence-corrected chi connectivity index (χ0v) is 13.6. The minimum atomic E-state index is 0.346. The van der Waals surface area contributed by atoms with Crippen LogP contribution in [0.5, 0.6) is 0 Å². The van der Waals surface area contributed by atoms with Crippen LogP contribution in [0.25, 0.3) is 0 Å². The highest BCUT2D eigenvalue weighted by molar-refractivity contribution is 9.10. The van der Waals surface area contributed by atoms with Crippen molar-refractivity contribution in [3.05, 3.63) is 69.7 Å². The number of carbonyl (C=O) groups excluding carboxylic acids is 1. The summed E-state index contributed by atoms with van der Waals surface area (Å²) in [5.41, 5.74) is 3.94. The Morgan fingerprint density at radius 3 is 2.67 bits per heavy atom. The average molecular weight is 343 g/mol. The zero-order valence-electron chi connectivity index (χ0n) is 12.0. The molecule has 1 unspecified atom stereocenters. The van der Waals surface area contributed by atoms with Crippen LogP contribution in [0, 0.1) is 0 Å². The first-order chi connectivity index (χ1) is 10.2. The summed E-state index contributed by atoms with van der Waals surface area (Å²) in [4.78, 5) is 12.4. The van der Waals surface area contributed by atoms with Crippen LogP contribution in [0.2, 0.25) is 0 Å². The summed E-state index contributed by atoms with van der Waals surface area (Å²) >= 11 is 3.42. The van der Waals surface area contributed by atoms with Gasteiger partial charge in [0, 0.05) is 17.3 Å². The van der Waals surface area contributed by atoms with Crippen LogP contribution in [-0.4, -0.2) is 5.78 Å². The van der Waals surface area contributed by atoms with Gasteiger partial charge in [0.25, 0.3) is 0 Å². The maximum absolute atomic E-state index is 12.4. The van der Waals surface area contributed by atoms with Crippen molar-refractivity contribution in [1.29, 1.82) is 0 Å². The first-order valence-corrected chi connectivity index (χ1v) is 8.35. The van der Waals surface area contributed by atoms with Crippen molar-refractivity contribution in [2.75, 3.05) is 0 Å². The summed E-state index contributed by atoms with van der Waals surface area (Å²) in [6.07, 6.45) is 4.73. The molecule has 1 atom stereocenters. The first kappa shape index (κ1) is 14.5. The molecule has 0 aromatic heterocycles. The van der Waals surface area contributed by atoms with Crippen molar-refractivity contribution in [2.24, 2.45) is 0 Å². The molecule has 0 amide bonds. The Hall–Kier alpha value is -1.41. The minimum absolute atomic E-state index is 0.346. The Kier molecular flexibility index (Phi) is 4.54. The van der Waals surface area contributed by atoms with Crippen molar-refractivity contribution in [2.45, 2.75) is 38.0 Å². The second-order valence-corrected chi connectivity index (χ2v) is 6.75. The van der Waals surface area contributed by atoms with E-state index in [0.29, 0.717) is 24.5 Å². The van der Waals surface area contributed by atoms with Gasteiger partial charge in [-0.1, -0.05) is 52.3 Å². The van der Waals surface area contributed by atoms with Gasteiger partial charge in [-0.05, 0) is 54.0 Å². The molecule has 1 aliphatic rings. The molecule has 1 aliphatic carbocycles. The van der Waals surface area contributed by atoms with E-state index in [9.17, 15) is 4.79 Å². The molecule has 0 fully saturated rings. The maximum atomic E-state index is 12.4. The van der Waals surface area contributed by atoms with Crippen LogP contribution < -0.4 is 0 Å². The van der Waals surface area contributed by atoms with Crippen LogP contribution in [0.15, 0.2) is 53.0 Å². The van der Waals surface area contributed by atoms with Crippen molar-refractivity contribution >= 4 is 21.7 Å². The summed E-state index contributed by atoms with van der Waals surface area (Å²) in [5.74, 6) is 0.761. The molecule has 2 heteroatoms. The van der Waals surface area contributed by atoms with Gasteiger partial charge >= 0.3 is 0 Å². The number of hydrogen-bond acceptors (Lipinski definition) is 1. The molecule has 0 spiro atoms. The summed E-state index contributed by atoms with van der Waals surface area (Å²) in [7, 11) is 0. The first-order valence-electron chi connectivity index (χ1n) is 7.56. The van der Waals surface area contributed by atoms with Crippen molar-refractivity contribution < 1.29 is 4.79 Å². The van der Waals surface area contributed by atoms with Crippen LogP contribution in [0.4, 0.5) is 0 Å². The third kappa shape index (κ3) is 3.62. The molecule has 0 aliphatic heterocycles. The highest BCUT2D eigenvalue weighted by Gasteiger charge is 2.22. The fraction of sp³-hybridized carbons (Fsp3) is 0.316. The van der Waals surface area contributed by atoms with Crippen LogP contribution in [-0.2, 0) is 17.6 Å². The third-order valence-corrected chi connectivity index (χ3v) is 4.81. The molecule has 2 aromatic rings. The molecule has 21 heavy (non-hydrogen) atoms. The van der Waals surface area contributed by atoms with Crippen LogP contribution in [0.1, 0.15) is 41.9 Å². The van der Waals surface area contributed by atoms with Crippen molar-refractivity contribution in [3.63, 3.8) is 0 Å². The van der Waals surface area contributed by atoms with Gasteiger partial charge in [0.05, 0.1) is 0 Å². The topological polar surface area (TPSA) is 17.1 Å². The molecule has 0 bridgehead atoms. The quantitative estimate of drug-likeness (QED) is 0.757. The van der Waals surface area contributed by atoms with E-state index in [-0.39, 0.29) is 0 Å². The van der Waals surface area contributed by atoms with Gasteiger partial charge in [-0.2, -0.15) is 0 Å². The molecule has 0 saturated carbocycles. The SMILES string of the molecule is O=C(Cc1ccc(Br)cc1)CC1CCCc2ccccc21. The smallest absolute Gasteiger partial charge is 0.137 e. The van der Waals surface area contributed by atoms with Gasteiger partial charge in [0.15, 0.2) is 0 Å². The fourth-order valence-electron chi connectivity index (χ4n) is 3.24. The van der Waals surface area contributed by atoms with Crippen molar-refractivity contribution in [3.8, 4) is 0 Å². The lowest BCUT2D eigenvalue weighted by Gasteiger charge is -2.25. The number of fused-ring (bicyclic) bond motifs is 1. The second-order valence-electron chi connectivity index (χ2n) is 5.83. The number of hydrogen-bond donors (Lipinski definition) is 0. The van der Waals surface area contributed by atoms with Crippen LogP contribution >= 0.6 is 15.9 Å². The number of halogens is 1. The van der Waals surface area contributed by atoms with Gasteiger partial charge in [-0.15, -0.1) is 0 Å². The van der Waals surface area contributed by atoms with Gasteiger partial charge in [-0.25, -0.2) is 0 Å². The Balaban J connectivity index is 1.67. The van der Waals surface area contributed by atoms with E-state index in [0.717, 1.165) is 22.9 Å². The van der Waals surface area contributed by atoms with E-state index < -0.39 is 0 Å². The lowest BCUT2D eigenvalue weighted by Crippen LogP contribution is -2.15. The second kappa shape index (κ2) is 6.57. The van der Waals surface area contributed by atoms with E-state index >= 15 is 0 Å². The van der Waals surface area contributed by atoms with E-state index in [4.69, 9.17) is 0 Å². The number of benzene rings is 2. The molecule has 0 radical (unpaired) electrons. The van der Waals surface area contributed by atoms with Crippen molar-refractivity contribution in [1.82, 2.24) is 0 Å². The van der Waals surface area contributed by atoms with E-state index in [1.165, 1.54) is 17.5 Å².